The summed E-state index contributed by atoms with van der Waals surface area (Å²) in [6.45, 7) is -0.0611. The van der Waals surface area contributed by atoms with Gasteiger partial charge in [0.2, 0.25) is 5.91 Å². The molecule has 0 spiro atoms. The van der Waals surface area contributed by atoms with E-state index in [2.05, 4.69) is 10.3 Å². The summed E-state index contributed by atoms with van der Waals surface area (Å²) in [5.74, 6) is -0.230. The van der Waals surface area contributed by atoms with Crippen LogP contribution in [0.5, 0.6) is 0 Å². The average molecular weight is 381 g/mol. The largest absolute Gasteiger partial charge is 0.343 e. The summed E-state index contributed by atoms with van der Waals surface area (Å²) in [5, 5.41) is 6.85. The van der Waals surface area contributed by atoms with Crippen LogP contribution in [0.25, 0.3) is 10.2 Å². The molecule has 0 fully saturated rings. The number of nitrogens with zero attached hydrogens (tertiary/aromatic N) is 2. The number of fused-ring (bicyclic) bond motifs is 1. The van der Waals surface area contributed by atoms with Crippen molar-refractivity contribution >= 4 is 38.8 Å². The molecule has 0 unspecified atom stereocenters. The number of aromatic nitrogens is 2. The highest BCUT2D eigenvalue weighted by molar-refractivity contribution is 7.17. The quantitative estimate of drug-likeness (QED) is 0.576. The van der Waals surface area contributed by atoms with Gasteiger partial charge in [-0.3, -0.25) is 14.2 Å². The van der Waals surface area contributed by atoms with Crippen LogP contribution >= 0.6 is 22.7 Å². The lowest BCUT2D eigenvalue weighted by Crippen LogP contribution is -2.34. The second-order valence-electron chi connectivity index (χ2n) is 5.74. The smallest absolute Gasteiger partial charge is 0.271 e. The monoisotopic (exact) mass is 381 g/mol. The predicted molar refractivity (Wildman–Crippen MR) is 105 cm³/mol. The van der Waals surface area contributed by atoms with E-state index >= 15 is 0 Å². The van der Waals surface area contributed by atoms with E-state index in [9.17, 15) is 9.59 Å². The van der Waals surface area contributed by atoms with Crippen LogP contribution < -0.4 is 10.9 Å². The Hall–Kier alpha value is -2.77. The number of rotatable bonds is 5. The molecule has 0 saturated carbocycles. The Morgan fingerprint density at radius 1 is 1.08 bits per heavy atom. The van der Waals surface area contributed by atoms with Crippen molar-refractivity contribution in [3.63, 3.8) is 0 Å². The van der Waals surface area contributed by atoms with Gasteiger partial charge in [0.05, 0.1) is 17.9 Å². The third kappa shape index (κ3) is 3.31. The second kappa shape index (κ2) is 7.23. The standard InChI is InChI=1S/C19H15N3O2S2/c23-16(11-22-12-20-14-8-10-26-18(14)19(22)24)21-17(15-7-4-9-25-15)13-5-2-1-3-6-13/h1-10,12,17H,11H2,(H,21,23)/t17-/m0/s1. The van der Waals surface area contributed by atoms with Crippen molar-refractivity contribution < 1.29 is 4.79 Å². The van der Waals surface area contributed by atoms with Crippen LogP contribution in [0, 0.1) is 0 Å². The highest BCUT2D eigenvalue weighted by Crippen LogP contribution is 2.25. The van der Waals surface area contributed by atoms with Crippen molar-refractivity contribution in [1.29, 1.82) is 0 Å². The molecule has 0 radical (unpaired) electrons. The SMILES string of the molecule is O=C(Cn1cnc2ccsc2c1=O)N[C@@H](c1ccccc1)c1cccs1. The molecule has 4 rings (SSSR count). The van der Waals surface area contributed by atoms with Gasteiger partial charge in [0, 0.05) is 4.88 Å². The summed E-state index contributed by atoms with van der Waals surface area (Å²) in [7, 11) is 0. The Balaban J connectivity index is 1.58. The number of amides is 1. The van der Waals surface area contributed by atoms with Crippen LogP contribution in [0.3, 0.4) is 0 Å². The molecule has 3 heterocycles. The number of thiophene rings is 2. The summed E-state index contributed by atoms with van der Waals surface area (Å²) in [5.41, 5.74) is 1.48. The summed E-state index contributed by atoms with van der Waals surface area (Å²) in [6, 6.07) is 15.3. The fourth-order valence-electron chi connectivity index (χ4n) is 2.77. The van der Waals surface area contributed by atoms with E-state index in [4.69, 9.17) is 0 Å². The molecule has 1 amide bonds. The van der Waals surface area contributed by atoms with E-state index in [1.807, 2.05) is 53.2 Å². The molecule has 1 aromatic carbocycles. The maximum absolute atomic E-state index is 12.6. The van der Waals surface area contributed by atoms with Crippen LogP contribution in [0.4, 0.5) is 0 Å². The molecule has 0 saturated heterocycles. The minimum absolute atomic E-state index is 0.0611. The molecule has 5 nitrogen and oxygen atoms in total. The van der Waals surface area contributed by atoms with Gasteiger partial charge in [-0.2, -0.15) is 0 Å². The topological polar surface area (TPSA) is 64.0 Å². The molecule has 26 heavy (non-hydrogen) atoms. The van der Waals surface area contributed by atoms with Crippen molar-refractivity contribution in [2.45, 2.75) is 12.6 Å². The van der Waals surface area contributed by atoms with Gasteiger partial charge in [0.15, 0.2) is 0 Å². The first-order valence-corrected chi connectivity index (χ1v) is 9.78. The molecular weight excluding hydrogens is 366 g/mol. The maximum Gasteiger partial charge on any atom is 0.271 e. The zero-order valence-electron chi connectivity index (χ0n) is 13.7. The highest BCUT2D eigenvalue weighted by atomic mass is 32.1. The minimum Gasteiger partial charge on any atom is -0.343 e. The maximum atomic E-state index is 12.6. The number of hydrogen-bond donors (Lipinski definition) is 1. The summed E-state index contributed by atoms with van der Waals surface area (Å²) in [4.78, 5) is 30.4. The van der Waals surface area contributed by atoms with E-state index < -0.39 is 0 Å². The Kier molecular flexibility index (Phi) is 4.64. The van der Waals surface area contributed by atoms with E-state index in [1.165, 1.54) is 22.2 Å². The fourth-order valence-corrected chi connectivity index (χ4v) is 4.37. The summed E-state index contributed by atoms with van der Waals surface area (Å²) >= 11 is 2.92. The first-order chi connectivity index (χ1) is 12.7. The van der Waals surface area contributed by atoms with Crippen molar-refractivity contribution in [1.82, 2.24) is 14.9 Å². The first kappa shape index (κ1) is 16.7. The second-order valence-corrected chi connectivity index (χ2v) is 7.63. The van der Waals surface area contributed by atoms with Crippen molar-refractivity contribution in [3.05, 3.63) is 86.4 Å². The highest BCUT2D eigenvalue weighted by Gasteiger charge is 2.18. The number of carbonyl (C=O) groups is 1. The van der Waals surface area contributed by atoms with Crippen molar-refractivity contribution in [2.75, 3.05) is 0 Å². The normalized spacial score (nSPS) is 12.2. The molecule has 7 heteroatoms. The van der Waals surface area contributed by atoms with Crippen molar-refractivity contribution in [2.24, 2.45) is 0 Å². The Bertz CT molecular complexity index is 1080. The molecule has 1 atom stereocenters. The predicted octanol–water partition coefficient (Wildman–Crippen LogP) is 3.43. The third-order valence-corrected chi connectivity index (χ3v) is 5.84. The van der Waals surface area contributed by atoms with Gasteiger partial charge >= 0.3 is 0 Å². The third-order valence-electron chi connectivity index (χ3n) is 4.02. The first-order valence-electron chi connectivity index (χ1n) is 8.03. The molecule has 3 aromatic heterocycles. The van der Waals surface area contributed by atoms with E-state index in [0.717, 1.165) is 10.4 Å². The summed E-state index contributed by atoms with van der Waals surface area (Å²) < 4.78 is 1.92. The fraction of sp³-hybridized carbons (Fsp3) is 0.105. The van der Waals surface area contributed by atoms with Gasteiger partial charge in [-0.15, -0.1) is 22.7 Å². The number of carbonyl (C=O) groups excluding carboxylic acids is 1. The molecule has 0 aliphatic carbocycles. The minimum atomic E-state index is -0.238. The van der Waals surface area contributed by atoms with E-state index in [0.29, 0.717) is 10.2 Å². The molecular formula is C19H15N3O2S2. The molecule has 130 valence electrons. The molecule has 4 aromatic rings. The van der Waals surface area contributed by atoms with Gasteiger partial charge in [-0.25, -0.2) is 4.98 Å². The Morgan fingerprint density at radius 2 is 1.92 bits per heavy atom. The summed E-state index contributed by atoms with van der Waals surface area (Å²) in [6.07, 6.45) is 1.43. The average Bonchev–Trinajstić information content (AvgIpc) is 3.35. The Morgan fingerprint density at radius 3 is 2.69 bits per heavy atom. The van der Waals surface area contributed by atoms with E-state index in [1.54, 1.807) is 17.4 Å². The van der Waals surface area contributed by atoms with Gasteiger partial charge in [0.1, 0.15) is 11.2 Å². The lowest BCUT2D eigenvalue weighted by atomic mass is 10.1. The van der Waals surface area contributed by atoms with E-state index in [-0.39, 0.29) is 24.1 Å². The van der Waals surface area contributed by atoms with Gasteiger partial charge in [-0.1, -0.05) is 36.4 Å². The van der Waals surface area contributed by atoms with Crippen LogP contribution in [0.1, 0.15) is 16.5 Å². The van der Waals surface area contributed by atoms with Gasteiger partial charge in [-0.05, 0) is 28.5 Å². The molecule has 0 aliphatic rings. The lowest BCUT2D eigenvalue weighted by molar-refractivity contribution is -0.122. The zero-order chi connectivity index (χ0) is 17.9. The lowest BCUT2D eigenvalue weighted by Gasteiger charge is -2.18. The van der Waals surface area contributed by atoms with Crippen LogP contribution in [0.15, 0.2) is 70.4 Å². The number of benzene rings is 1. The van der Waals surface area contributed by atoms with Crippen LogP contribution in [-0.2, 0) is 11.3 Å². The number of hydrogen-bond acceptors (Lipinski definition) is 5. The van der Waals surface area contributed by atoms with Gasteiger partial charge < -0.3 is 5.32 Å². The molecule has 1 N–H and O–H groups in total. The number of nitrogens with one attached hydrogen (secondary N) is 1. The van der Waals surface area contributed by atoms with Crippen molar-refractivity contribution in [3.8, 4) is 0 Å². The molecule has 0 bridgehead atoms. The van der Waals surface area contributed by atoms with Crippen LogP contribution in [0.2, 0.25) is 0 Å². The molecule has 0 aliphatic heterocycles. The van der Waals surface area contributed by atoms with Crippen LogP contribution in [-0.4, -0.2) is 15.5 Å². The van der Waals surface area contributed by atoms with Gasteiger partial charge in [0.25, 0.3) is 5.56 Å². The Labute approximate surface area is 157 Å². The zero-order valence-corrected chi connectivity index (χ0v) is 15.3.